The van der Waals surface area contributed by atoms with Crippen LogP contribution < -0.4 is 5.73 Å². The van der Waals surface area contributed by atoms with E-state index in [4.69, 9.17) is 15.6 Å². The SMILES string of the molecule is COC(=O)C(C)(C)[C@@H](N)c1ccccc1C(=O)O.Cl. The highest BCUT2D eigenvalue weighted by Gasteiger charge is 2.38. The first-order chi connectivity index (χ1) is 8.32. The first kappa shape index (κ1) is 17.4. The molecule has 0 bridgehead atoms. The van der Waals surface area contributed by atoms with Crippen molar-refractivity contribution in [1.82, 2.24) is 0 Å². The maximum atomic E-state index is 11.7. The lowest BCUT2D eigenvalue weighted by molar-refractivity contribution is -0.152. The lowest BCUT2D eigenvalue weighted by atomic mass is 9.79. The molecule has 0 aromatic heterocycles. The van der Waals surface area contributed by atoms with E-state index in [9.17, 15) is 9.59 Å². The summed E-state index contributed by atoms with van der Waals surface area (Å²) in [5.41, 5.74) is 5.54. The van der Waals surface area contributed by atoms with Gasteiger partial charge >= 0.3 is 11.9 Å². The number of aromatic carboxylic acids is 1. The van der Waals surface area contributed by atoms with Crippen LogP contribution in [0.5, 0.6) is 0 Å². The topological polar surface area (TPSA) is 89.6 Å². The average Bonchev–Trinajstić information content (AvgIpc) is 2.36. The minimum absolute atomic E-state index is 0. The second-order valence-electron chi connectivity index (χ2n) is 4.58. The molecule has 0 aliphatic heterocycles. The van der Waals surface area contributed by atoms with Gasteiger partial charge < -0.3 is 15.6 Å². The first-order valence-corrected chi connectivity index (χ1v) is 5.48. The fourth-order valence-electron chi connectivity index (χ4n) is 1.74. The Kier molecular flexibility index (Phi) is 5.99. The number of halogens is 1. The summed E-state index contributed by atoms with van der Waals surface area (Å²) in [5.74, 6) is -1.54. The van der Waals surface area contributed by atoms with Gasteiger partial charge in [0.2, 0.25) is 0 Å². The van der Waals surface area contributed by atoms with E-state index >= 15 is 0 Å². The molecule has 106 valence electrons. The van der Waals surface area contributed by atoms with Crippen molar-refractivity contribution in [3.8, 4) is 0 Å². The Morgan fingerprint density at radius 1 is 1.32 bits per heavy atom. The molecule has 0 aliphatic carbocycles. The van der Waals surface area contributed by atoms with E-state index in [1.165, 1.54) is 13.2 Å². The Labute approximate surface area is 118 Å². The van der Waals surface area contributed by atoms with Gasteiger partial charge in [-0.15, -0.1) is 12.4 Å². The van der Waals surface area contributed by atoms with Crippen LogP contribution in [0, 0.1) is 5.41 Å². The number of carbonyl (C=O) groups excluding carboxylic acids is 1. The van der Waals surface area contributed by atoms with E-state index in [1.807, 2.05) is 0 Å². The maximum absolute atomic E-state index is 11.7. The van der Waals surface area contributed by atoms with Gasteiger partial charge in [0.1, 0.15) is 0 Å². The van der Waals surface area contributed by atoms with E-state index in [1.54, 1.807) is 32.0 Å². The van der Waals surface area contributed by atoms with Crippen molar-refractivity contribution in [2.75, 3.05) is 7.11 Å². The number of nitrogens with two attached hydrogens (primary N) is 1. The Hall–Kier alpha value is -1.59. The zero-order valence-corrected chi connectivity index (χ0v) is 11.9. The molecule has 0 amide bonds. The molecule has 19 heavy (non-hydrogen) atoms. The number of carboxylic acids is 1. The minimum atomic E-state index is -1.07. The van der Waals surface area contributed by atoms with E-state index in [2.05, 4.69) is 0 Å². The highest BCUT2D eigenvalue weighted by molar-refractivity contribution is 5.90. The van der Waals surface area contributed by atoms with E-state index in [-0.39, 0.29) is 18.0 Å². The fraction of sp³-hybridized carbons (Fsp3) is 0.385. The van der Waals surface area contributed by atoms with Crippen LogP contribution in [0.2, 0.25) is 0 Å². The second-order valence-corrected chi connectivity index (χ2v) is 4.58. The van der Waals surface area contributed by atoms with Crippen LogP contribution in [0.4, 0.5) is 0 Å². The quantitative estimate of drug-likeness (QED) is 0.827. The summed E-state index contributed by atoms with van der Waals surface area (Å²) >= 11 is 0. The fourth-order valence-corrected chi connectivity index (χ4v) is 1.74. The summed E-state index contributed by atoms with van der Waals surface area (Å²) in [5, 5.41) is 9.10. The lowest BCUT2D eigenvalue weighted by Gasteiger charge is -2.29. The van der Waals surface area contributed by atoms with Gasteiger partial charge in [-0.25, -0.2) is 4.79 Å². The third-order valence-corrected chi connectivity index (χ3v) is 3.02. The number of ether oxygens (including phenoxy) is 1. The molecule has 0 heterocycles. The van der Waals surface area contributed by atoms with Gasteiger partial charge in [0, 0.05) is 6.04 Å². The third-order valence-electron chi connectivity index (χ3n) is 3.02. The zero-order valence-electron chi connectivity index (χ0n) is 11.0. The predicted molar refractivity (Wildman–Crippen MR) is 73.4 cm³/mol. The molecular formula is C13H18ClNO4. The molecule has 0 spiro atoms. The van der Waals surface area contributed by atoms with Crippen molar-refractivity contribution >= 4 is 24.3 Å². The molecule has 3 N–H and O–H groups in total. The average molecular weight is 288 g/mol. The van der Waals surface area contributed by atoms with E-state index in [0.717, 1.165) is 0 Å². The normalized spacial score (nSPS) is 12.2. The summed E-state index contributed by atoms with van der Waals surface area (Å²) in [6.45, 7) is 3.25. The molecule has 6 heteroatoms. The largest absolute Gasteiger partial charge is 0.478 e. The Morgan fingerprint density at radius 2 is 1.84 bits per heavy atom. The highest BCUT2D eigenvalue weighted by atomic mass is 35.5. The van der Waals surface area contributed by atoms with Gasteiger partial charge in [0.25, 0.3) is 0 Å². The van der Waals surface area contributed by atoms with Crippen LogP contribution in [0.3, 0.4) is 0 Å². The van der Waals surface area contributed by atoms with E-state index in [0.29, 0.717) is 5.56 Å². The number of carboxylic acid groups (broad SMARTS) is 1. The van der Waals surface area contributed by atoms with Crippen LogP contribution in [0.25, 0.3) is 0 Å². The van der Waals surface area contributed by atoms with Gasteiger partial charge in [-0.05, 0) is 25.5 Å². The van der Waals surface area contributed by atoms with Gasteiger partial charge in [0.05, 0.1) is 18.1 Å². The number of hydrogen-bond acceptors (Lipinski definition) is 4. The van der Waals surface area contributed by atoms with Gasteiger partial charge in [-0.1, -0.05) is 18.2 Å². The summed E-state index contributed by atoms with van der Waals surface area (Å²) in [4.78, 5) is 22.8. The summed E-state index contributed by atoms with van der Waals surface area (Å²) in [7, 11) is 1.28. The third kappa shape index (κ3) is 3.45. The van der Waals surface area contributed by atoms with Crippen LogP contribution in [0.1, 0.15) is 35.8 Å². The number of rotatable bonds is 4. The van der Waals surface area contributed by atoms with Crippen molar-refractivity contribution in [2.24, 2.45) is 11.1 Å². The molecule has 0 aliphatic rings. The number of hydrogen-bond donors (Lipinski definition) is 2. The predicted octanol–water partition coefficient (Wildman–Crippen LogP) is 2.01. The molecule has 0 fully saturated rings. The van der Waals surface area contributed by atoms with Crippen LogP contribution in [-0.4, -0.2) is 24.2 Å². The number of methoxy groups -OCH3 is 1. The van der Waals surface area contributed by atoms with Crippen molar-refractivity contribution in [3.05, 3.63) is 35.4 Å². The van der Waals surface area contributed by atoms with Gasteiger partial charge in [0.15, 0.2) is 0 Å². The molecule has 1 aromatic rings. The standard InChI is InChI=1S/C13H17NO4.ClH/c1-13(2,12(17)18-3)10(14)8-6-4-5-7-9(8)11(15)16;/h4-7,10H,14H2,1-3H3,(H,15,16);1H/t10-;/m0./s1. The zero-order chi connectivity index (χ0) is 13.9. The molecular weight excluding hydrogens is 270 g/mol. The van der Waals surface area contributed by atoms with Crippen LogP contribution in [-0.2, 0) is 9.53 Å². The molecule has 0 saturated heterocycles. The van der Waals surface area contributed by atoms with Crippen molar-refractivity contribution < 1.29 is 19.4 Å². The summed E-state index contributed by atoms with van der Waals surface area (Å²) in [6.07, 6.45) is 0. The summed E-state index contributed by atoms with van der Waals surface area (Å²) < 4.78 is 4.69. The Balaban J connectivity index is 0.00000324. The number of benzene rings is 1. The van der Waals surface area contributed by atoms with Gasteiger partial charge in [-0.2, -0.15) is 0 Å². The maximum Gasteiger partial charge on any atom is 0.336 e. The molecule has 1 rings (SSSR count). The molecule has 1 atom stereocenters. The smallest absolute Gasteiger partial charge is 0.336 e. The monoisotopic (exact) mass is 287 g/mol. The van der Waals surface area contributed by atoms with E-state index < -0.39 is 23.4 Å². The Morgan fingerprint density at radius 3 is 2.32 bits per heavy atom. The number of esters is 1. The molecule has 5 nitrogen and oxygen atoms in total. The highest BCUT2D eigenvalue weighted by Crippen LogP contribution is 2.34. The molecule has 1 aromatic carbocycles. The van der Waals surface area contributed by atoms with Crippen molar-refractivity contribution in [3.63, 3.8) is 0 Å². The summed E-state index contributed by atoms with van der Waals surface area (Å²) in [6, 6.07) is 5.63. The van der Waals surface area contributed by atoms with Crippen LogP contribution in [0.15, 0.2) is 24.3 Å². The molecule has 0 saturated carbocycles. The van der Waals surface area contributed by atoms with Crippen LogP contribution >= 0.6 is 12.4 Å². The van der Waals surface area contributed by atoms with Gasteiger partial charge in [-0.3, -0.25) is 4.79 Å². The first-order valence-electron chi connectivity index (χ1n) is 5.48. The van der Waals surface area contributed by atoms with Crippen molar-refractivity contribution in [1.29, 1.82) is 0 Å². The number of carbonyl (C=O) groups is 2. The minimum Gasteiger partial charge on any atom is -0.478 e. The second kappa shape index (κ2) is 6.54. The molecule has 0 unspecified atom stereocenters. The Bertz CT molecular complexity index is 473. The molecule has 0 radical (unpaired) electrons. The lowest BCUT2D eigenvalue weighted by Crippen LogP contribution is -2.38. The van der Waals surface area contributed by atoms with Crippen molar-refractivity contribution in [2.45, 2.75) is 19.9 Å².